The summed E-state index contributed by atoms with van der Waals surface area (Å²) in [6.07, 6.45) is 5.13. The van der Waals surface area contributed by atoms with Crippen LogP contribution in [0.4, 0.5) is 5.69 Å². The lowest BCUT2D eigenvalue weighted by Gasteiger charge is -2.34. The van der Waals surface area contributed by atoms with Crippen molar-refractivity contribution in [3.63, 3.8) is 0 Å². The molecule has 0 N–H and O–H groups in total. The van der Waals surface area contributed by atoms with Crippen molar-refractivity contribution in [1.29, 1.82) is 0 Å². The zero-order valence-corrected chi connectivity index (χ0v) is 19.1. The van der Waals surface area contributed by atoms with Crippen molar-refractivity contribution >= 4 is 11.6 Å². The van der Waals surface area contributed by atoms with Gasteiger partial charge in [0, 0.05) is 49.7 Å². The quantitative estimate of drug-likeness (QED) is 0.581. The Morgan fingerprint density at radius 3 is 2.69 bits per heavy atom. The Kier molecular flexibility index (Phi) is 5.73. The van der Waals surface area contributed by atoms with E-state index in [9.17, 15) is 4.79 Å². The highest BCUT2D eigenvalue weighted by atomic mass is 16.2. The molecule has 5 heteroatoms. The first-order valence-electron chi connectivity index (χ1n) is 11.9. The summed E-state index contributed by atoms with van der Waals surface area (Å²) in [6.45, 7) is 4.71. The third-order valence-corrected chi connectivity index (χ3v) is 6.93. The van der Waals surface area contributed by atoms with E-state index in [4.69, 9.17) is 5.10 Å². The van der Waals surface area contributed by atoms with E-state index in [2.05, 4.69) is 52.9 Å². The summed E-state index contributed by atoms with van der Waals surface area (Å²) in [7, 11) is 1.89. The Morgan fingerprint density at radius 2 is 1.88 bits per heavy atom. The number of aryl methyl sites for hydroxylation is 1. The molecule has 0 radical (unpaired) electrons. The van der Waals surface area contributed by atoms with Gasteiger partial charge in [0.05, 0.1) is 0 Å². The number of benzene rings is 2. The van der Waals surface area contributed by atoms with Crippen LogP contribution in [0.5, 0.6) is 0 Å². The SMILES string of the molecule is CCCn1nc(C(=O)N(C)Cc2ccccc2)c2c1CCC(N1CCc3ccccc31)C2. The van der Waals surface area contributed by atoms with Gasteiger partial charge in [-0.3, -0.25) is 9.48 Å². The number of hydrogen-bond acceptors (Lipinski definition) is 3. The summed E-state index contributed by atoms with van der Waals surface area (Å²) >= 11 is 0. The second-order valence-corrected chi connectivity index (χ2v) is 9.11. The fourth-order valence-electron chi connectivity index (χ4n) is 5.36. The standard InChI is InChI=1S/C27H32N4O/c1-3-16-31-25-14-13-22(30-17-15-21-11-7-8-12-24(21)30)18-23(25)26(28-31)27(32)29(2)19-20-9-5-4-6-10-20/h4-12,22H,3,13-19H2,1-2H3. The van der Waals surface area contributed by atoms with Gasteiger partial charge in [0.2, 0.25) is 0 Å². The molecular formula is C27H32N4O. The summed E-state index contributed by atoms with van der Waals surface area (Å²) < 4.78 is 2.10. The number of amides is 1. The normalized spacial score (nSPS) is 17.2. The second-order valence-electron chi connectivity index (χ2n) is 9.11. The zero-order chi connectivity index (χ0) is 22.1. The lowest BCUT2D eigenvalue weighted by Crippen LogP contribution is -2.39. The third kappa shape index (κ3) is 3.81. The van der Waals surface area contributed by atoms with E-state index in [0.29, 0.717) is 18.3 Å². The molecule has 5 rings (SSSR count). The predicted octanol–water partition coefficient (Wildman–Crippen LogP) is 4.49. The number of carbonyl (C=O) groups is 1. The van der Waals surface area contributed by atoms with Crippen molar-refractivity contribution in [3.8, 4) is 0 Å². The van der Waals surface area contributed by atoms with Gasteiger partial charge in [0.1, 0.15) is 0 Å². The molecule has 0 saturated carbocycles. The first-order chi connectivity index (χ1) is 15.7. The molecule has 1 aromatic heterocycles. The maximum absolute atomic E-state index is 13.5. The van der Waals surface area contributed by atoms with Gasteiger partial charge in [0.15, 0.2) is 5.69 Å². The van der Waals surface area contributed by atoms with Crippen molar-refractivity contribution in [2.45, 2.75) is 58.2 Å². The number of hydrogen-bond donors (Lipinski definition) is 0. The van der Waals surface area contributed by atoms with Gasteiger partial charge in [-0.1, -0.05) is 55.5 Å². The molecule has 32 heavy (non-hydrogen) atoms. The summed E-state index contributed by atoms with van der Waals surface area (Å²) in [5, 5.41) is 4.86. The van der Waals surface area contributed by atoms with Crippen molar-refractivity contribution < 1.29 is 4.79 Å². The largest absolute Gasteiger partial charge is 0.368 e. The van der Waals surface area contributed by atoms with Gasteiger partial charge < -0.3 is 9.80 Å². The molecule has 1 aliphatic carbocycles. The molecule has 1 aliphatic heterocycles. The molecule has 2 aliphatic rings. The molecule has 1 atom stereocenters. The van der Waals surface area contributed by atoms with Gasteiger partial charge in [-0.15, -0.1) is 0 Å². The van der Waals surface area contributed by atoms with E-state index >= 15 is 0 Å². The molecule has 0 fully saturated rings. The first-order valence-corrected chi connectivity index (χ1v) is 11.9. The van der Waals surface area contributed by atoms with E-state index < -0.39 is 0 Å². The van der Waals surface area contributed by atoms with Crippen LogP contribution in [0.1, 0.15) is 52.6 Å². The smallest absolute Gasteiger partial charge is 0.274 e. The summed E-state index contributed by atoms with van der Waals surface area (Å²) in [5.74, 6) is 0.0300. The van der Waals surface area contributed by atoms with Gasteiger partial charge in [-0.2, -0.15) is 5.10 Å². The highest BCUT2D eigenvalue weighted by molar-refractivity contribution is 5.94. The topological polar surface area (TPSA) is 41.4 Å². The summed E-state index contributed by atoms with van der Waals surface area (Å²) in [6, 6.07) is 19.4. The monoisotopic (exact) mass is 428 g/mol. The Balaban J connectivity index is 1.42. The summed E-state index contributed by atoms with van der Waals surface area (Å²) in [4.78, 5) is 17.9. The number of rotatable bonds is 6. The van der Waals surface area contributed by atoms with Gasteiger partial charge >= 0.3 is 0 Å². The highest BCUT2D eigenvalue weighted by Crippen LogP contribution is 2.35. The van der Waals surface area contributed by atoms with Crippen molar-refractivity contribution in [3.05, 3.63) is 82.7 Å². The molecule has 5 nitrogen and oxygen atoms in total. The number of carbonyl (C=O) groups excluding carboxylic acids is 1. The lowest BCUT2D eigenvalue weighted by molar-refractivity contribution is 0.0777. The van der Waals surface area contributed by atoms with Crippen molar-refractivity contribution in [2.75, 3.05) is 18.5 Å². The van der Waals surface area contributed by atoms with Crippen LogP contribution in [0.2, 0.25) is 0 Å². The molecule has 1 amide bonds. The molecule has 2 aromatic carbocycles. The predicted molar refractivity (Wildman–Crippen MR) is 128 cm³/mol. The molecule has 0 saturated heterocycles. The number of para-hydroxylation sites is 1. The molecular weight excluding hydrogens is 396 g/mol. The number of nitrogens with zero attached hydrogens (tertiary/aromatic N) is 4. The molecule has 1 unspecified atom stereocenters. The Bertz CT molecular complexity index is 1100. The second kappa shape index (κ2) is 8.81. The van der Waals surface area contributed by atoms with Crippen LogP contribution in [0.15, 0.2) is 54.6 Å². The van der Waals surface area contributed by atoms with E-state index in [1.54, 1.807) is 0 Å². The molecule has 0 bridgehead atoms. The Hall–Kier alpha value is -3.08. The maximum atomic E-state index is 13.5. The Labute approximate surface area is 190 Å². The minimum Gasteiger partial charge on any atom is -0.368 e. The number of aromatic nitrogens is 2. The fraction of sp³-hybridized carbons (Fsp3) is 0.407. The van der Waals surface area contributed by atoms with Crippen LogP contribution in [-0.4, -0.2) is 40.2 Å². The number of anilines is 1. The molecule has 2 heterocycles. The first kappa shape index (κ1) is 20.8. The minimum atomic E-state index is 0.0300. The average molecular weight is 429 g/mol. The highest BCUT2D eigenvalue weighted by Gasteiger charge is 2.34. The lowest BCUT2D eigenvalue weighted by atomic mass is 9.90. The van der Waals surface area contributed by atoms with Crippen LogP contribution >= 0.6 is 0 Å². The Morgan fingerprint density at radius 1 is 1.09 bits per heavy atom. The molecule has 166 valence electrons. The fourth-order valence-corrected chi connectivity index (χ4v) is 5.36. The number of fused-ring (bicyclic) bond motifs is 2. The van der Waals surface area contributed by atoms with Crippen LogP contribution < -0.4 is 4.90 Å². The van der Waals surface area contributed by atoms with Crippen LogP contribution in [0.25, 0.3) is 0 Å². The molecule has 3 aromatic rings. The maximum Gasteiger partial charge on any atom is 0.274 e. The summed E-state index contributed by atoms with van der Waals surface area (Å²) in [5.41, 5.74) is 7.05. The molecule has 0 spiro atoms. The van der Waals surface area contributed by atoms with E-state index in [0.717, 1.165) is 50.8 Å². The van der Waals surface area contributed by atoms with E-state index in [1.165, 1.54) is 22.5 Å². The van der Waals surface area contributed by atoms with Crippen LogP contribution in [0.3, 0.4) is 0 Å². The van der Waals surface area contributed by atoms with Crippen molar-refractivity contribution in [1.82, 2.24) is 14.7 Å². The minimum absolute atomic E-state index is 0.0300. The van der Waals surface area contributed by atoms with E-state index in [1.807, 2.05) is 30.1 Å². The van der Waals surface area contributed by atoms with Crippen LogP contribution in [-0.2, 0) is 32.4 Å². The zero-order valence-electron chi connectivity index (χ0n) is 19.1. The van der Waals surface area contributed by atoms with Gasteiger partial charge in [-0.25, -0.2) is 0 Å². The third-order valence-electron chi connectivity index (χ3n) is 6.93. The van der Waals surface area contributed by atoms with E-state index in [-0.39, 0.29) is 5.91 Å². The average Bonchev–Trinajstić information content (AvgIpc) is 3.41. The van der Waals surface area contributed by atoms with Gasteiger partial charge in [-0.05, 0) is 49.3 Å². The van der Waals surface area contributed by atoms with Crippen molar-refractivity contribution in [2.24, 2.45) is 0 Å². The van der Waals surface area contributed by atoms with Crippen LogP contribution in [0, 0.1) is 0 Å². The van der Waals surface area contributed by atoms with Gasteiger partial charge in [0.25, 0.3) is 5.91 Å².